The summed E-state index contributed by atoms with van der Waals surface area (Å²) in [5.41, 5.74) is 6.39. The lowest BCUT2D eigenvalue weighted by atomic mass is 9.97. The van der Waals surface area contributed by atoms with Gasteiger partial charge in [-0.15, -0.1) is 11.3 Å². The van der Waals surface area contributed by atoms with Gasteiger partial charge >= 0.3 is 0 Å². The zero-order valence-electron chi connectivity index (χ0n) is 9.99. The highest BCUT2D eigenvalue weighted by Gasteiger charge is 2.34. The van der Waals surface area contributed by atoms with Crippen molar-refractivity contribution < 1.29 is 4.79 Å². The van der Waals surface area contributed by atoms with E-state index in [1.54, 1.807) is 25.2 Å². The second-order valence-corrected chi connectivity index (χ2v) is 5.95. The van der Waals surface area contributed by atoms with Gasteiger partial charge in [-0.05, 0) is 44.2 Å². The lowest BCUT2D eigenvalue weighted by Crippen LogP contribution is -2.53. The molecule has 0 saturated heterocycles. The SMILES string of the molecule is CC1c2ccsc2CCN1C(=O)C(C)(C)N. The summed E-state index contributed by atoms with van der Waals surface area (Å²) in [6.07, 6.45) is 0.958. The molecule has 1 aliphatic rings. The molecule has 0 aliphatic carbocycles. The van der Waals surface area contributed by atoms with E-state index in [4.69, 9.17) is 5.73 Å². The average molecular weight is 238 g/mol. The molecule has 4 heteroatoms. The minimum absolute atomic E-state index is 0.0388. The molecule has 0 spiro atoms. The van der Waals surface area contributed by atoms with Crippen LogP contribution in [0.3, 0.4) is 0 Å². The minimum Gasteiger partial charge on any atom is -0.334 e. The molecule has 1 atom stereocenters. The fraction of sp³-hybridized carbons (Fsp3) is 0.583. The Hall–Kier alpha value is -0.870. The molecule has 3 nitrogen and oxygen atoms in total. The van der Waals surface area contributed by atoms with Gasteiger partial charge in [-0.3, -0.25) is 4.79 Å². The van der Waals surface area contributed by atoms with Crippen LogP contribution in [0.2, 0.25) is 0 Å². The lowest BCUT2D eigenvalue weighted by Gasteiger charge is -2.37. The number of nitrogens with two attached hydrogens (primary N) is 1. The van der Waals surface area contributed by atoms with Crippen LogP contribution in [0.1, 0.15) is 37.3 Å². The summed E-state index contributed by atoms with van der Waals surface area (Å²) in [5.74, 6) is 0.0388. The third-order valence-electron chi connectivity index (χ3n) is 3.09. The number of carbonyl (C=O) groups excluding carboxylic acids is 1. The second kappa shape index (κ2) is 3.86. The Morgan fingerprint density at radius 1 is 1.62 bits per heavy atom. The highest BCUT2D eigenvalue weighted by molar-refractivity contribution is 7.10. The predicted octanol–water partition coefficient (Wildman–Crippen LogP) is 1.93. The van der Waals surface area contributed by atoms with Crippen LogP contribution < -0.4 is 5.73 Å². The number of hydrogen-bond acceptors (Lipinski definition) is 3. The number of hydrogen-bond donors (Lipinski definition) is 1. The van der Waals surface area contributed by atoms with Crippen molar-refractivity contribution >= 4 is 17.2 Å². The van der Waals surface area contributed by atoms with Gasteiger partial charge in [0.2, 0.25) is 5.91 Å². The summed E-state index contributed by atoms with van der Waals surface area (Å²) in [7, 11) is 0. The molecule has 1 aromatic heterocycles. The maximum atomic E-state index is 12.2. The number of fused-ring (bicyclic) bond motifs is 1. The molecule has 1 unspecified atom stereocenters. The Morgan fingerprint density at radius 2 is 2.31 bits per heavy atom. The van der Waals surface area contributed by atoms with E-state index < -0.39 is 5.54 Å². The van der Waals surface area contributed by atoms with Crippen molar-refractivity contribution in [3.8, 4) is 0 Å². The topological polar surface area (TPSA) is 46.3 Å². The summed E-state index contributed by atoms with van der Waals surface area (Å²) >= 11 is 1.78. The van der Waals surface area contributed by atoms with Crippen LogP contribution in [0.5, 0.6) is 0 Å². The van der Waals surface area contributed by atoms with E-state index in [9.17, 15) is 4.79 Å². The predicted molar refractivity (Wildman–Crippen MR) is 66.4 cm³/mol. The van der Waals surface area contributed by atoms with Gasteiger partial charge in [-0.1, -0.05) is 0 Å². The van der Waals surface area contributed by atoms with Gasteiger partial charge < -0.3 is 10.6 Å². The molecule has 1 amide bonds. The molecule has 0 radical (unpaired) electrons. The Kier molecular flexibility index (Phi) is 2.80. The fourth-order valence-corrected chi connectivity index (χ4v) is 3.12. The molecule has 0 bridgehead atoms. The summed E-state index contributed by atoms with van der Waals surface area (Å²) in [6.45, 7) is 6.40. The monoisotopic (exact) mass is 238 g/mol. The largest absolute Gasteiger partial charge is 0.334 e. The van der Waals surface area contributed by atoms with Crippen molar-refractivity contribution in [2.75, 3.05) is 6.54 Å². The third kappa shape index (κ3) is 1.87. The van der Waals surface area contributed by atoms with E-state index in [-0.39, 0.29) is 11.9 Å². The number of rotatable bonds is 1. The van der Waals surface area contributed by atoms with Crippen molar-refractivity contribution in [3.05, 3.63) is 21.9 Å². The summed E-state index contributed by atoms with van der Waals surface area (Å²) in [6, 6.07) is 2.28. The Labute approximate surface area is 100 Å². The van der Waals surface area contributed by atoms with Crippen molar-refractivity contribution in [2.45, 2.75) is 38.8 Å². The van der Waals surface area contributed by atoms with Gasteiger partial charge in [0.15, 0.2) is 0 Å². The molecule has 0 saturated carbocycles. The van der Waals surface area contributed by atoms with Gasteiger partial charge in [-0.25, -0.2) is 0 Å². The summed E-state index contributed by atoms with van der Waals surface area (Å²) in [4.78, 5) is 15.5. The van der Waals surface area contributed by atoms with Crippen molar-refractivity contribution in [1.82, 2.24) is 4.90 Å². The highest BCUT2D eigenvalue weighted by Crippen LogP contribution is 2.33. The molecule has 0 aromatic carbocycles. The van der Waals surface area contributed by atoms with Crippen LogP contribution in [0.15, 0.2) is 11.4 Å². The molecule has 2 rings (SSSR count). The first-order valence-electron chi connectivity index (χ1n) is 5.57. The van der Waals surface area contributed by atoms with Crippen molar-refractivity contribution in [3.63, 3.8) is 0 Å². The zero-order chi connectivity index (χ0) is 11.9. The van der Waals surface area contributed by atoms with Gasteiger partial charge in [0, 0.05) is 11.4 Å². The van der Waals surface area contributed by atoms with Gasteiger partial charge in [0.05, 0.1) is 11.6 Å². The minimum atomic E-state index is -0.776. The van der Waals surface area contributed by atoms with Crippen LogP contribution >= 0.6 is 11.3 Å². The molecular formula is C12H18N2OS. The first-order chi connectivity index (χ1) is 7.41. The van der Waals surface area contributed by atoms with Crippen LogP contribution in [0.4, 0.5) is 0 Å². The van der Waals surface area contributed by atoms with Crippen molar-refractivity contribution in [2.24, 2.45) is 5.73 Å². The van der Waals surface area contributed by atoms with E-state index >= 15 is 0 Å². The van der Waals surface area contributed by atoms with E-state index in [1.807, 2.05) is 4.90 Å². The Bertz CT molecular complexity index is 405. The Morgan fingerprint density at radius 3 is 2.94 bits per heavy atom. The zero-order valence-corrected chi connectivity index (χ0v) is 10.8. The molecule has 2 heterocycles. The van der Waals surface area contributed by atoms with E-state index in [1.165, 1.54) is 10.4 Å². The number of thiophene rings is 1. The second-order valence-electron chi connectivity index (χ2n) is 4.95. The molecular weight excluding hydrogens is 220 g/mol. The van der Waals surface area contributed by atoms with E-state index in [2.05, 4.69) is 18.4 Å². The van der Waals surface area contributed by atoms with Crippen molar-refractivity contribution in [1.29, 1.82) is 0 Å². The highest BCUT2D eigenvalue weighted by atomic mass is 32.1. The maximum Gasteiger partial charge on any atom is 0.242 e. The average Bonchev–Trinajstić information content (AvgIpc) is 2.64. The third-order valence-corrected chi connectivity index (χ3v) is 4.09. The lowest BCUT2D eigenvalue weighted by molar-refractivity contribution is -0.138. The van der Waals surface area contributed by atoms with Gasteiger partial charge in [0.25, 0.3) is 0 Å². The van der Waals surface area contributed by atoms with E-state index in [0.29, 0.717) is 0 Å². The summed E-state index contributed by atoms with van der Waals surface area (Å²) < 4.78 is 0. The number of amides is 1. The molecule has 16 heavy (non-hydrogen) atoms. The molecule has 1 aromatic rings. The molecule has 2 N–H and O–H groups in total. The number of nitrogens with zero attached hydrogens (tertiary/aromatic N) is 1. The van der Waals surface area contributed by atoms with Crippen LogP contribution in [-0.2, 0) is 11.2 Å². The van der Waals surface area contributed by atoms with Crippen LogP contribution in [0, 0.1) is 0 Å². The standard InChI is InChI=1S/C12H18N2OS/c1-8-9-5-7-16-10(9)4-6-14(8)11(15)12(2,3)13/h5,7-8H,4,6,13H2,1-3H3. The number of carbonyl (C=O) groups is 1. The molecule has 88 valence electrons. The smallest absolute Gasteiger partial charge is 0.242 e. The van der Waals surface area contributed by atoms with Crippen LogP contribution in [0.25, 0.3) is 0 Å². The first-order valence-corrected chi connectivity index (χ1v) is 6.45. The first kappa shape index (κ1) is 11.6. The Balaban J connectivity index is 2.25. The fourth-order valence-electron chi connectivity index (χ4n) is 2.16. The van der Waals surface area contributed by atoms with Gasteiger partial charge in [-0.2, -0.15) is 0 Å². The quantitative estimate of drug-likeness (QED) is 0.812. The van der Waals surface area contributed by atoms with Crippen LogP contribution in [-0.4, -0.2) is 22.9 Å². The van der Waals surface area contributed by atoms with E-state index in [0.717, 1.165) is 13.0 Å². The summed E-state index contributed by atoms with van der Waals surface area (Å²) in [5, 5.41) is 2.10. The maximum absolute atomic E-state index is 12.2. The normalized spacial score (nSPS) is 20.8. The molecule has 1 aliphatic heterocycles. The molecule has 0 fully saturated rings. The van der Waals surface area contributed by atoms with Gasteiger partial charge in [0.1, 0.15) is 0 Å².